The van der Waals surface area contributed by atoms with Gasteiger partial charge in [0.05, 0.1) is 11.0 Å². The highest BCUT2D eigenvalue weighted by molar-refractivity contribution is 7.99. The smallest absolute Gasteiger partial charge is 0.169 e. The average Bonchev–Trinajstić information content (AvgIpc) is 2.91. The Labute approximate surface area is 140 Å². The quantitative estimate of drug-likeness (QED) is 0.606. The van der Waals surface area contributed by atoms with Crippen molar-refractivity contribution in [2.75, 3.05) is 5.75 Å². The lowest BCUT2D eigenvalue weighted by atomic mass is 10.2. The molecule has 0 fully saturated rings. The molecule has 0 aliphatic carbocycles. The molecule has 0 bridgehead atoms. The predicted octanol–water partition coefficient (Wildman–Crippen LogP) is 4.35. The first-order chi connectivity index (χ1) is 11.2. The van der Waals surface area contributed by atoms with Crippen molar-refractivity contribution in [1.29, 1.82) is 0 Å². The number of fused-ring (bicyclic) bond motifs is 1. The second-order valence-corrected chi connectivity index (χ2v) is 6.63. The van der Waals surface area contributed by atoms with Gasteiger partial charge in [-0.25, -0.2) is 4.98 Å². The number of hydrogen-bond donors (Lipinski definition) is 0. The Morgan fingerprint density at radius 1 is 1.09 bits per heavy atom. The third-order valence-electron chi connectivity index (χ3n) is 3.77. The van der Waals surface area contributed by atoms with Crippen LogP contribution in [0.5, 0.6) is 0 Å². The van der Waals surface area contributed by atoms with E-state index in [2.05, 4.69) is 34.9 Å². The largest absolute Gasteiger partial charge is 0.318 e. The maximum absolute atomic E-state index is 11.3. The molecule has 0 saturated carbocycles. The Morgan fingerprint density at radius 2 is 1.83 bits per heavy atom. The molecule has 0 aliphatic rings. The molecule has 0 radical (unpaired) electrons. The predicted molar refractivity (Wildman–Crippen MR) is 95.9 cm³/mol. The molecule has 1 heterocycles. The van der Waals surface area contributed by atoms with Crippen LogP contribution in [0.1, 0.15) is 18.9 Å². The summed E-state index contributed by atoms with van der Waals surface area (Å²) in [7, 11) is 0. The van der Waals surface area contributed by atoms with Gasteiger partial charge in [-0.15, -0.1) is 0 Å². The van der Waals surface area contributed by atoms with Crippen LogP contribution in [0.3, 0.4) is 0 Å². The Morgan fingerprint density at radius 3 is 2.61 bits per heavy atom. The van der Waals surface area contributed by atoms with E-state index >= 15 is 0 Å². The highest BCUT2D eigenvalue weighted by Gasteiger charge is 2.11. The first-order valence-electron chi connectivity index (χ1n) is 7.85. The molecule has 118 valence electrons. The summed E-state index contributed by atoms with van der Waals surface area (Å²) in [5.41, 5.74) is 3.45. The highest BCUT2D eigenvalue weighted by Crippen LogP contribution is 2.25. The molecule has 0 spiro atoms. The van der Waals surface area contributed by atoms with Crippen molar-refractivity contribution in [3.05, 3.63) is 60.2 Å². The van der Waals surface area contributed by atoms with E-state index < -0.39 is 0 Å². The summed E-state index contributed by atoms with van der Waals surface area (Å²) in [6.45, 7) is 2.34. The molecule has 2 aromatic carbocycles. The molecule has 3 aromatic rings. The molecular formula is C19H20N2OS. The van der Waals surface area contributed by atoms with Gasteiger partial charge in [0.1, 0.15) is 5.78 Å². The lowest BCUT2D eigenvalue weighted by Gasteiger charge is -2.07. The van der Waals surface area contributed by atoms with E-state index in [0.29, 0.717) is 13.0 Å². The number of thioether (sulfide) groups is 1. The standard InChI is InChI=1S/C19H20N2OS/c1-15(22)11-13-21-18-10-6-5-9-17(18)20-19(21)23-14-12-16-7-3-2-4-8-16/h2-10H,11-14H2,1H3. The molecule has 3 nitrogen and oxygen atoms in total. The second-order valence-electron chi connectivity index (χ2n) is 5.57. The molecule has 0 amide bonds. The molecule has 0 unspecified atom stereocenters. The fourth-order valence-corrected chi connectivity index (χ4v) is 3.58. The number of aryl methyl sites for hydroxylation is 2. The third kappa shape index (κ3) is 4.02. The summed E-state index contributed by atoms with van der Waals surface area (Å²) < 4.78 is 2.17. The number of para-hydroxylation sites is 2. The number of aromatic nitrogens is 2. The number of carbonyl (C=O) groups is 1. The molecule has 23 heavy (non-hydrogen) atoms. The number of nitrogens with zero attached hydrogens (tertiary/aromatic N) is 2. The van der Waals surface area contributed by atoms with Gasteiger partial charge >= 0.3 is 0 Å². The minimum absolute atomic E-state index is 0.211. The van der Waals surface area contributed by atoms with Crippen LogP contribution >= 0.6 is 11.8 Å². The molecule has 0 aliphatic heterocycles. The van der Waals surface area contributed by atoms with E-state index in [-0.39, 0.29) is 5.78 Å². The van der Waals surface area contributed by atoms with Crippen LogP contribution < -0.4 is 0 Å². The van der Waals surface area contributed by atoms with E-state index in [9.17, 15) is 4.79 Å². The van der Waals surface area contributed by atoms with Crippen LogP contribution in [0.4, 0.5) is 0 Å². The van der Waals surface area contributed by atoms with E-state index in [4.69, 9.17) is 4.98 Å². The maximum atomic E-state index is 11.3. The fraction of sp³-hybridized carbons (Fsp3) is 0.263. The van der Waals surface area contributed by atoms with E-state index in [1.54, 1.807) is 18.7 Å². The van der Waals surface area contributed by atoms with Crippen LogP contribution in [-0.2, 0) is 17.8 Å². The SMILES string of the molecule is CC(=O)CCn1c(SCCc2ccccc2)nc2ccccc21. The minimum Gasteiger partial charge on any atom is -0.318 e. The zero-order chi connectivity index (χ0) is 16.1. The van der Waals surface area contributed by atoms with Gasteiger partial charge < -0.3 is 4.57 Å². The molecule has 1 aromatic heterocycles. The number of hydrogen-bond acceptors (Lipinski definition) is 3. The zero-order valence-corrected chi connectivity index (χ0v) is 14.1. The minimum atomic E-state index is 0.211. The van der Waals surface area contributed by atoms with Crippen LogP contribution in [0, 0.1) is 0 Å². The van der Waals surface area contributed by atoms with Crippen molar-refractivity contribution in [1.82, 2.24) is 9.55 Å². The fourth-order valence-electron chi connectivity index (χ4n) is 2.55. The maximum Gasteiger partial charge on any atom is 0.169 e. The molecule has 4 heteroatoms. The summed E-state index contributed by atoms with van der Waals surface area (Å²) in [5, 5.41) is 1.00. The summed E-state index contributed by atoms with van der Waals surface area (Å²) in [6.07, 6.45) is 1.56. The van der Waals surface area contributed by atoms with Gasteiger partial charge in [-0.05, 0) is 31.0 Å². The van der Waals surface area contributed by atoms with Gasteiger partial charge in [0.15, 0.2) is 5.16 Å². The lowest BCUT2D eigenvalue weighted by Crippen LogP contribution is -2.04. The first-order valence-corrected chi connectivity index (χ1v) is 8.84. The van der Waals surface area contributed by atoms with Crippen LogP contribution in [0.15, 0.2) is 59.8 Å². The number of ketones is 1. The van der Waals surface area contributed by atoms with Crippen molar-refractivity contribution in [2.24, 2.45) is 0 Å². The molecule has 0 N–H and O–H groups in total. The van der Waals surface area contributed by atoms with Crippen LogP contribution in [0.2, 0.25) is 0 Å². The number of Topliss-reactive ketones (excluding diaryl/α,β-unsaturated/α-hetero) is 1. The lowest BCUT2D eigenvalue weighted by molar-refractivity contribution is -0.117. The second kappa shape index (κ2) is 7.47. The molecule has 0 atom stereocenters. The Hall–Kier alpha value is -2.07. The van der Waals surface area contributed by atoms with E-state index in [1.165, 1.54) is 5.56 Å². The van der Waals surface area contributed by atoms with Gasteiger partial charge in [0, 0.05) is 18.7 Å². The number of carbonyl (C=O) groups excluding carboxylic acids is 1. The Kier molecular flexibility index (Phi) is 5.13. The average molecular weight is 324 g/mol. The molecule has 0 saturated heterocycles. The normalized spacial score (nSPS) is 11.0. The van der Waals surface area contributed by atoms with Crippen molar-refractivity contribution >= 4 is 28.6 Å². The van der Waals surface area contributed by atoms with Crippen molar-refractivity contribution in [2.45, 2.75) is 31.5 Å². The van der Waals surface area contributed by atoms with Crippen molar-refractivity contribution in [3.63, 3.8) is 0 Å². The first kappa shape index (κ1) is 15.8. The molecular weight excluding hydrogens is 304 g/mol. The van der Waals surface area contributed by atoms with E-state index in [0.717, 1.165) is 28.4 Å². The van der Waals surface area contributed by atoms with E-state index in [1.807, 2.05) is 24.3 Å². The van der Waals surface area contributed by atoms with Gasteiger partial charge in [0.25, 0.3) is 0 Å². The van der Waals surface area contributed by atoms with Gasteiger partial charge in [-0.1, -0.05) is 54.2 Å². The van der Waals surface area contributed by atoms with Crippen LogP contribution in [0.25, 0.3) is 11.0 Å². The number of imidazole rings is 1. The number of rotatable bonds is 7. The number of benzene rings is 2. The summed E-state index contributed by atoms with van der Waals surface area (Å²) in [6, 6.07) is 18.6. The van der Waals surface area contributed by atoms with Gasteiger partial charge in [-0.2, -0.15) is 0 Å². The van der Waals surface area contributed by atoms with Crippen molar-refractivity contribution in [3.8, 4) is 0 Å². The highest BCUT2D eigenvalue weighted by atomic mass is 32.2. The monoisotopic (exact) mass is 324 g/mol. The Balaban J connectivity index is 1.75. The summed E-state index contributed by atoms with van der Waals surface area (Å²) >= 11 is 1.76. The van der Waals surface area contributed by atoms with Gasteiger partial charge in [0.2, 0.25) is 0 Å². The third-order valence-corrected chi connectivity index (χ3v) is 4.75. The molecule has 3 rings (SSSR count). The van der Waals surface area contributed by atoms with Crippen molar-refractivity contribution < 1.29 is 4.79 Å². The zero-order valence-electron chi connectivity index (χ0n) is 13.2. The summed E-state index contributed by atoms with van der Waals surface area (Å²) in [5.74, 6) is 1.19. The van der Waals surface area contributed by atoms with Crippen LogP contribution in [-0.4, -0.2) is 21.1 Å². The Bertz CT molecular complexity index is 795. The van der Waals surface area contributed by atoms with Gasteiger partial charge in [-0.3, -0.25) is 4.79 Å². The topological polar surface area (TPSA) is 34.9 Å². The summed E-state index contributed by atoms with van der Waals surface area (Å²) in [4.78, 5) is 16.1.